The fourth-order valence-corrected chi connectivity index (χ4v) is 4.07. The van der Waals surface area contributed by atoms with Crippen LogP contribution in [0.1, 0.15) is 52.0 Å². The van der Waals surface area contributed by atoms with Crippen LogP contribution in [0.15, 0.2) is 30.3 Å². The molecule has 1 aliphatic carbocycles. The largest absolute Gasteiger partial charge is 0.444 e. The van der Waals surface area contributed by atoms with Crippen molar-refractivity contribution in [3.8, 4) is 0 Å². The predicted molar refractivity (Wildman–Crippen MR) is 93.2 cm³/mol. The van der Waals surface area contributed by atoms with Crippen LogP contribution in [0, 0.1) is 0 Å². The first kappa shape index (κ1) is 17.2. The highest BCUT2D eigenvalue weighted by molar-refractivity contribution is 7.99. The first-order valence-corrected chi connectivity index (χ1v) is 9.14. The lowest BCUT2D eigenvalue weighted by molar-refractivity contribution is 0.0495. The standard InChI is InChI=1S/C18H27NO2S/c1-18(2,3)21-17(20)19-15-11-7-8-12-16(15)22-13-14-9-5-4-6-10-14/h4-6,9-10,15-16H,7-8,11-13H2,1-3H3,(H,19,20)/t15-,16-/m1/s1. The zero-order chi connectivity index (χ0) is 16.0. The Labute approximate surface area is 138 Å². The van der Waals surface area contributed by atoms with Crippen LogP contribution in [0.5, 0.6) is 0 Å². The summed E-state index contributed by atoms with van der Waals surface area (Å²) in [5.41, 5.74) is 0.903. The van der Waals surface area contributed by atoms with Gasteiger partial charge in [0.25, 0.3) is 0 Å². The van der Waals surface area contributed by atoms with Crippen LogP contribution in [-0.2, 0) is 10.5 Å². The minimum Gasteiger partial charge on any atom is -0.444 e. The molecule has 2 atom stereocenters. The Kier molecular flexibility index (Phi) is 6.18. The van der Waals surface area contributed by atoms with Gasteiger partial charge in [0, 0.05) is 17.0 Å². The molecule has 2 rings (SSSR count). The van der Waals surface area contributed by atoms with E-state index >= 15 is 0 Å². The molecule has 1 aromatic rings. The molecular weight excluding hydrogens is 294 g/mol. The van der Waals surface area contributed by atoms with E-state index in [0.29, 0.717) is 5.25 Å². The second-order valence-electron chi connectivity index (χ2n) is 6.87. The van der Waals surface area contributed by atoms with Crippen molar-refractivity contribution in [2.24, 2.45) is 0 Å². The number of hydrogen-bond acceptors (Lipinski definition) is 3. The van der Waals surface area contributed by atoms with E-state index in [9.17, 15) is 4.79 Å². The lowest BCUT2D eigenvalue weighted by Crippen LogP contribution is -2.45. The lowest BCUT2D eigenvalue weighted by atomic mass is 9.95. The summed E-state index contributed by atoms with van der Waals surface area (Å²) in [5, 5.41) is 3.55. The summed E-state index contributed by atoms with van der Waals surface area (Å²) in [6.45, 7) is 5.69. The maximum atomic E-state index is 12.0. The number of hydrogen-bond donors (Lipinski definition) is 1. The van der Waals surface area contributed by atoms with Crippen molar-refractivity contribution < 1.29 is 9.53 Å². The predicted octanol–water partition coefficient (Wildman–Crippen LogP) is 4.76. The highest BCUT2D eigenvalue weighted by Gasteiger charge is 2.28. The molecule has 122 valence electrons. The summed E-state index contributed by atoms with van der Waals surface area (Å²) in [5.74, 6) is 0.998. The number of rotatable bonds is 4. The molecule has 0 unspecified atom stereocenters. The van der Waals surface area contributed by atoms with Gasteiger partial charge in [-0.15, -0.1) is 0 Å². The highest BCUT2D eigenvalue weighted by atomic mass is 32.2. The van der Waals surface area contributed by atoms with E-state index in [0.717, 1.165) is 18.6 Å². The fraction of sp³-hybridized carbons (Fsp3) is 0.611. The molecule has 0 saturated heterocycles. The van der Waals surface area contributed by atoms with Crippen LogP contribution in [0.4, 0.5) is 4.79 Å². The summed E-state index contributed by atoms with van der Waals surface area (Å²) < 4.78 is 5.39. The Morgan fingerprint density at radius 2 is 1.91 bits per heavy atom. The number of carbonyl (C=O) groups excluding carboxylic acids is 1. The summed E-state index contributed by atoms with van der Waals surface area (Å²) in [6.07, 6.45) is 4.36. The van der Waals surface area contributed by atoms with Gasteiger partial charge in [-0.05, 0) is 39.2 Å². The number of benzene rings is 1. The molecule has 1 amide bonds. The van der Waals surface area contributed by atoms with Crippen molar-refractivity contribution in [2.75, 3.05) is 0 Å². The van der Waals surface area contributed by atoms with Gasteiger partial charge in [-0.2, -0.15) is 11.8 Å². The number of alkyl carbamates (subject to hydrolysis) is 1. The average Bonchev–Trinajstić information content (AvgIpc) is 2.45. The van der Waals surface area contributed by atoms with E-state index < -0.39 is 5.60 Å². The molecule has 22 heavy (non-hydrogen) atoms. The third-order valence-electron chi connectivity index (χ3n) is 3.71. The molecule has 0 aromatic heterocycles. The maximum Gasteiger partial charge on any atom is 0.407 e. The van der Waals surface area contributed by atoms with Gasteiger partial charge in [0.05, 0.1) is 0 Å². The molecular formula is C18H27NO2S. The van der Waals surface area contributed by atoms with Gasteiger partial charge < -0.3 is 10.1 Å². The molecule has 0 radical (unpaired) electrons. The Morgan fingerprint density at radius 3 is 2.59 bits per heavy atom. The van der Waals surface area contributed by atoms with Gasteiger partial charge in [0.15, 0.2) is 0 Å². The molecule has 3 nitrogen and oxygen atoms in total. The molecule has 1 fully saturated rings. The van der Waals surface area contributed by atoms with Gasteiger partial charge >= 0.3 is 6.09 Å². The molecule has 4 heteroatoms. The third kappa shape index (κ3) is 5.91. The molecule has 0 aliphatic heterocycles. The van der Waals surface area contributed by atoms with E-state index in [1.807, 2.05) is 38.6 Å². The quantitative estimate of drug-likeness (QED) is 0.869. The minimum atomic E-state index is -0.439. The van der Waals surface area contributed by atoms with Crippen molar-refractivity contribution in [3.63, 3.8) is 0 Å². The number of thioether (sulfide) groups is 1. The van der Waals surface area contributed by atoms with Gasteiger partial charge in [-0.3, -0.25) is 0 Å². The van der Waals surface area contributed by atoms with Gasteiger partial charge in [0.1, 0.15) is 5.60 Å². The average molecular weight is 321 g/mol. The van der Waals surface area contributed by atoms with Crippen LogP contribution in [-0.4, -0.2) is 23.0 Å². The first-order chi connectivity index (χ1) is 10.4. The molecule has 1 saturated carbocycles. The van der Waals surface area contributed by atoms with Crippen molar-refractivity contribution >= 4 is 17.9 Å². The van der Waals surface area contributed by atoms with E-state index in [1.165, 1.54) is 18.4 Å². The Hall–Kier alpha value is -1.16. The number of nitrogens with one attached hydrogen (secondary N) is 1. The fourth-order valence-electron chi connectivity index (χ4n) is 2.70. The van der Waals surface area contributed by atoms with Crippen molar-refractivity contribution in [3.05, 3.63) is 35.9 Å². The molecule has 0 bridgehead atoms. The zero-order valence-corrected chi connectivity index (χ0v) is 14.6. The minimum absolute atomic E-state index is 0.220. The number of carbonyl (C=O) groups is 1. The van der Waals surface area contributed by atoms with Crippen LogP contribution < -0.4 is 5.32 Å². The van der Waals surface area contributed by atoms with Crippen LogP contribution in [0.2, 0.25) is 0 Å². The highest BCUT2D eigenvalue weighted by Crippen LogP contribution is 2.31. The summed E-state index contributed by atoms with van der Waals surface area (Å²) >= 11 is 1.95. The summed E-state index contributed by atoms with van der Waals surface area (Å²) in [7, 11) is 0. The molecule has 0 spiro atoms. The summed E-state index contributed by atoms with van der Waals surface area (Å²) in [4.78, 5) is 12.0. The normalized spacial score (nSPS) is 22.1. The second kappa shape index (κ2) is 7.91. The number of amides is 1. The smallest absolute Gasteiger partial charge is 0.407 e. The van der Waals surface area contributed by atoms with Gasteiger partial charge in [-0.1, -0.05) is 43.2 Å². The molecule has 1 aliphatic rings. The van der Waals surface area contributed by atoms with E-state index in [1.54, 1.807) is 0 Å². The van der Waals surface area contributed by atoms with Gasteiger partial charge in [0.2, 0.25) is 0 Å². The molecule has 1 N–H and O–H groups in total. The number of ether oxygens (including phenoxy) is 1. The topological polar surface area (TPSA) is 38.3 Å². The van der Waals surface area contributed by atoms with E-state index in [4.69, 9.17) is 4.74 Å². The third-order valence-corrected chi connectivity index (χ3v) is 5.20. The SMILES string of the molecule is CC(C)(C)OC(=O)N[C@@H]1CCCC[C@H]1SCc1ccccc1. The lowest BCUT2D eigenvalue weighted by Gasteiger charge is -2.32. The van der Waals surface area contributed by atoms with Crippen molar-refractivity contribution in [1.29, 1.82) is 0 Å². The zero-order valence-electron chi connectivity index (χ0n) is 13.8. The monoisotopic (exact) mass is 321 g/mol. The molecule has 1 aromatic carbocycles. The summed E-state index contributed by atoms with van der Waals surface area (Å²) in [6, 6.07) is 10.7. The van der Waals surface area contributed by atoms with Crippen LogP contribution >= 0.6 is 11.8 Å². The van der Waals surface area contributed by atoms with E-state index in [2.05, 4.69) is 29.6 Å². The first-order valence-electron chi connectivity index (χ1n) is 8.09. The Bertz CT molecular complexity index is 470. The van der Waals surface area contributed by atoms with E-state index in [-0.39, 0.29) is 12.1 Å². The maximum absolute atomic E-state index is 12.0. The molecule has 0 heterocycles. The Balaban J connectivity index is 1.86. The Morgan fingerprint density at radius 1 is 1.23 bits per heavy atom. The van der Waals surface area contributed by atoms with Crippen LogP contribution in [0.3, 0.4) is 0 Å². The van der Waals surface area contributed by atoms with Crippen molar-refractivity contribution in [1.82, 2.24) is 5.32 Å². The van der Waals surface area contributed by atoms with Crippen LogP contribution in [0.25, 0.3) is 0 Å². The van der Waals surface area contributed by atoms with Crippen molar-refractivity contribution in [2.45, 2.75) is 69.1 Å². The van der Waals surface area contributed by atoms with Gasteiger partial charge in [-0.25, -0.2) is 4.79 Å². The second-order valence-corrected chi connectivity index (χ2v) is 8.10.